The summed E-state index contributed by atoms with van der Waals surface area (Å²) in [4.78, 5) is 39.4. The average Bonchev–Trinajstić information content (AvgIpc) is 3.58. The summed E-state index contributed by atoms with van der Waals surface area (Å²) in [5, 5.41) is 42.3. The molecule has 16 heteroatoms. The minimum absolute atomic E-state index is 0.211. The zero-order valence-corrected chi connectivity index (χ0v) is 43.6. The van der Waals surface area contributed by atoms with Crippen LogP contribution < -0.4 is 27.2 Å². The van der Waals surface area contributed by atoms with E-state index < -0.39 is 0 Å². The van der Waals surface area contributed by atoms with Crippen molar-refractivity contribution in [3.63, 3.8) is 0 Å². The number of H-pyrrole nitrogens is 2. The molecular weight excluding hydrogens is 991 g/mol. The molecule has 1 aliphatic rings. The van der Waals surface area contributed by atoms with Gasteiger partial charge in [0, 0.05) is 33.6 Å². The second kappa shape index (κ2) is 22.7. The van der Waals surface area contributed by atoms with Crippen LogP contribution in [0.3, 0.4) is 0 Å². The fourth-order valence-corrected chi connectivity index (χ4v) is 8.82. The number of hydrogen-bond acceptors (Lipinski definition) is 12. The van der Waals surface area contributed by atoms with Crippen LogP contribution in [-0.2, 0) is 9.31 Å². The molecule has 8 aromatic rings. The molecule has 1 aliphatic heterocycles. The van der Waals surface area contributed by atoms with Gasteiger partial charge in [0.25, 0.3) is 11.1 Å². The van der Waals surface area contributed by atoms with Gasteiger partial charge in [0.2, 0.25) is 11.9 Å². The van der Waals surface area contributed by atoms with E-state index in [-0.39, 0.29) is 29.4 Å². The summed E-state index contributed by atoms with van der Waals surface area (Å²) in [6.07, 6.45) is 6.53. The molecule has 0 unspecified atom stereocenters. The number of aryl methyl sites for hydroxylation is 4. The lowest BCUT2D eigenvalue weighted by Crippen LogP contribution is -2.41. The summed E-state index contributed by atoms with van der Waals surface area (Å²) in [5.74, 6) is 0.674. The summed E-state index contributed by atoms with van der Waals surface area (Å²) in [7, 11) is -0.344. The molecule has 0 atom stereocenters. The number of aromatic nitrogens is 4. The third-order valence-electron chi connectivity index (χ3n) is 12.6. The third-order valence-corrected chi connectivity index (χ3v) is 13.2. The molecule has 0 aliphatic carbocycles. The van der Waals surface area contributed by atoms with Gasteiger partial charge in [0.15, 0.2) is 0 Å². The van der Waals surface area contributed by atoms with Gasteiger partial charge in [0.1, 0.15) is 0 Å². The highest BCUT2D eigenvalue weighted by Gasteiger charge is 2.52. The van der Waals surface area contributed by atoms with Crippen molar-refractivity contribution in [1.29, 1.82) is 21.0 Å². The van der Waals surface area contributed by atoms with E-state index in [2.05, 4.69) is 107 Å². The van der Waals surface area contributed by atoms with E-state index in [1.54, 1.807) is 72.8 Å². The van der Waals surface area contributed by atoms with Crippen LogP contribution >= 0.6 is 15.9 Å². The average molecular weight is 1040 g/mol. The van der Waals surface area contributed by atoms with Gasteiger partial charge in [-0.3, -0.25) is 19.6 Å². The molecule has 0 amide bonds. The minimum Gasteiger partial charge on any atom is -0.399 e. The maximum Gasteiger partial charge on any atom is 0.495 e. The number of benzene rings is 6. The molecule has 9 rings (SSSR count). The summed E-state index contributed by atoms with van der Waals surface area (Å²) in [5.41, 5.74) is 11.9. The van der Waals surface area contributed by atoms with E-state index in [1.807, 2.05) is 62.4 Å². The first-order valence-corrected chi connectivity index (χ1v) is 24.1. The Morgan fingerprint density at radius 1 is 0.595 bits per heavy atom. The standard InChI is InChI=1S/C26H19N5O.C17H22BNO2.C15H9BrN4O/c1-16-13-19(5-4-12-27)14-17(2)23(16)21-6-3-7-22-24(21)30-26(31-25(22)32)29-20-10-8-18(15-28)9-11-20;1-12-10-14(8-7-9-19)11-13(2)15(12)18-20-16(3,4)17(5,6)21-18;16-12-3-1-2-11-13(12)19-15(20-14(11)21)18-10-6-4-9(8-17)5-7-10/h3-11,13-14H,1-2H3,(H2,29,30,31,32);7-8,10-11H,1-6H3;1-7H,(H2,18,19,20,21)/b5-4+;8-7+;. The molecule has 3 heterocycles. The zero-order valence-electron chi connectivity index (χ0n) is 42.0. The van der Waals surface area contributed by atoms with Crippen LogP contribution in [0.25, 0.3) is 45.1 Å². The highest BCUT2D eigenvalue weighted by Crippen LogP contribution is 2.37. The van der Waals surface area contributed by atoms with Crippen LogP contribution in [0.1, 0.15) is 72.2 Å². The van der Waals surface area contributed by atoms with E-state index in [9.17, 15) is 9.59 Å². The van der Waals surface area contributed by atoms with E-state index in [1.165, 1.54) is 12.2 Å². The van der Waals surface area contributed by atoms with Gasteiger partial charge in [-0.1, -0.05) is 53.6 Å². The topological polar surface area (TPSA) is 229 Å². The first-order chi connectivity index (χ1) is 35.3. The van der Waals surface area contributed by atoms with Crippen molar-refractivity contribution >= 4 is 85.7 Å². The van der Waals surface area contributed by atoms with Crippen LogP contribution in [0.15, 0.2) is 135 Å². The summed E-state index contributed by atoms with van der Waals surface area (Å²) >= 11 is 3.39. The number of para-hydroxylation sites is 2. The van der Waals surface area contributed by atoms with Crippen molar-refractivity contribution in [2.24, 2.45) is 0 Å². The Kier molecular flexibility index (Phi) is 16.2. The second-order valence-corrected chi connectivity index (χ2v) is 19.3. The molecule has 4 N–H and O–H groups in total. The molecule has 0 spiro atoms. The van der Waals surface area contributed by atoms with E-state index >= 15 is 0 Å². The van der Waals surface area contributed by atoms with Crippen LogP contribution in [0, 0.1) is 73.0 Å². The maximum absolute atomic E-state index is 12.8. The Bertz CT molecular complexity index is 3740. The monoisotopic (exact) mass is 1040 g/mol. The van der Waals surface area contributed by atoms with Crippen molar-refractivity contribution in [1.82, 2.24) is 19.9 Å². The second-order valence-electron chi connectivity index (χ2n) is 18.4. The predicted molar refractivity (Wildman–Crippen MR) is 297 cm³/mol. The van der Waals surface area contributed by atoms with Crippen molar-refractivity contribution < 1.29 is 9.31 Å². The number of nitrogens with zero attached hydrogens (tertiary/aromatic N) is 6. The Balaban J connectivity index is 0.000000168. The number of halogens is 1. The number of aromatic amines is 2. The molecule has 14 nitrogen and oxygen atoms in total. The summed E-state index contributed by atoms with van der Waals surface area (Å²) < 4.78 is 13.0. The first-order valence-electron chi connectivity index (χ1n) is 23.3. The van der Waals surface area contributed by atoms with Gasteiger partial charge in [-0.25, -0.2) is 9.97 Å². The number of allylic oxidation sites excluding steroid dienone is 2. The van der Waals surface area contributed by atoms with E-state index in [0.717, 1.165) is 60.1 Å². The predicted octanol–water partition coefficient (Wildman–Crippen LogP) is 11.8. The first kappa shape index (κ1) is 52.9. The number of nitriles is 4. The zero-order chi connectivity index (χ0) is 53.3. The molecule has 0 radical (unpaired) electrons. The van der Waals surface area contributed by atoms with Crippen LogP contribution in [0.2, 0.25) is 0 Å². The number of nitrogens with one attached hydrogen (secondary N) is 4. The van der Waals surface area contributed by atoms with Crippen molar-refractivity contribution in [2.45, 2.75) is 66.6 Å². The van der Waals surface area contributed by atoms with Gasteiger partial charge in [0.05, 0.1) is 68.4 Å². The molecule has 0 saturated carbocycles. The summed E-state index contributed by atoms with van der Waals surface area (Å²) in [6.45, 7) is 16.4. The lowest BCUT2D eigenvalue weighted by Gasteiger charge is -2.32. The van der Waals surface area contributed by atoms with Crippen LogP contribution in [0.5, 0.6) is 0 Å². The van der Waals surface area contributed by atoms with Crippen molar-refractivity contribution in [3.05, 3.63) is 191 Å². The lowest BCUT2D eigenvalue weighted by molar-refractivity contribution is 0.00578. The Morgan fingerprint density at radius 3 is 1.46 bits per heavy atom. The quantitative estimate of drug-likeness (QED) is 0.0823. The maximum atomic E-state index is 12.8. The van der Waals surface area contributed by atoms with Crippen LogP contribution in [-0.4, -0.2) is 38.3 Å². The molecule has 0 bridgehead atoms. The molecule has 2 aromatic heterocycles. The van der Waals surface area contributed by atoms with Gasteiger partial charge in [-0.2, -0.15) is 21.0 Å². The van der Waals surface area contributed by atoms with Crippen LogP contribution in [0.4, 0.5) is 23.3 Å². The highest BCUT2D eigenvalue weighted by molar-refractivity contribution is 9.10. The number of hydrogen-bond donors (Lipinski definition) is 4. The Labute approximate surface area is 437 Å². The largest absolute Gasteiger partial charge is 0.495 e. The van der Waals surface area contributed by atoms with E-state index in [0.29, 0.717) is 50.5 Å². The van der Waals surface area contributed by atoms with Crippen molar-refractivity contribution in [2.75, 3.05) is 10.6 Å². The molecular formula is C58H50BBrN10O4. The van der Waals surface area contributed by atoms with Gasteiger partial charge in [-0.05, 0) is 183 Å². The lowest BCUT2D eigenvalue weighted by atomic mass is 9.73. The molecule has 1 fully saturated rings. The van der Waals surface area contributed by atoms with E-state index in [4.69, 9.17) is 35.3 Å². The Hall–Kier alpha value is -8.90. The van der Waals surface area contributed by atoms with Crippen molar-refractivity contribution in [3.8, 4) is 35.4 Å². The highest BCUT2D eigenvalue weighted by atomic mass is 79.9. The fraction of sp³-hybridized carbons (Fsp3) is 0.172. The minimum atomic E-state index is -0.344. The number of fused-ring (bicyclic) bond motifs is 2. The smallest absolute Gasteiger partial charge is 0.399 e. The molecule has 1 saturated heterocycles. The summed E-state index contributed by atoms with van der Waals surface area (Å²) in [6, 6.07) is 41.0. The number of rotatable bonds is 8. The van der Waals surface area contributed by atoms with Gasteiger partial charge < -0.3 is 19.9 Å². The molecule has 366 valence electrons. The van der Waals surface area contributed by atoms with Gasteiger partial charge >= 0.3 is 7.12 Å². The SMILES string of the molecule is Cc1cc(/C=C/C#N)cc(C)c1-c1cccc2c(=O)[nH]c(Nc3ccc(C#N)cc3)nc12.Cc1cc(/C=C/C#N)cc(C)c1B1OC(C)(C)C(C)(C)O1.N#Cc1ccc(Nc2nc3c(Br)cccc3c(=O)[nH]2)cc1. The third kappa shape index (κ3) is 12.1. The molecule has 74 heavy (non-hydrogen) atoms. The van der Waals surface area contributed by atoms with Gasteiger partial charge in [-0.15, -0.1) is 0 Å². The molecule has 6 aromatic carbocycles. The fourth-order valence-electron chi connectivity index (χ4n) is 8.36. The normalized spacial score (nSPS) is 13.2. The number of anilines is 4. The Morgan fingerprint density at radius 2 is 1.01 bits per heavy atom.